The predicted octanol–water partition coefficient (Wildman–Crippen LogP) is 2.90. The summed E-state index contributed by atoms with van der Waals surface area (Å²) in [5, 5.41) is 15.6. The molecule has 1 aliphatic carbocycles. The largest absolute Gasteiger partial charge is 0.385 e. The average Bonchev–Trinajstić information content (AvgIpc) is 3.27. The van der Waals surface area contributed by atoms with Gasteiger partial charge in [0.2, 0.25) is 0 Å². The molecule has 0 saturated heterocycles. The molecule has 6 nitrogen and oxygen atoms in total. The predicted molar refractivity (Wildman–Crippen MR) is 89.1 cm³/mol. The highest BCUT2D eigenvalue weighted by Crippen LogP contribution is 2.41. The second-order valence-electron chi connectivity index (χ2n) is 6.54. The number of aromatic nitrogens is 5. The number of rotatable bonds is 2. The lowest BCUT2D eigenvalue weighted by molar-refractivity contribution is 0.144. The Morgan fingerprint density at radius 3 is 2.96 bits per heavy atom. The highest BCUT2D eigenvalue weighted by Gasteiger charge is 2.35. The number of benzene rings is 1. The second-order valence-corrected chi connectivity index (χ2v) is 6.98. The molecular weight excluding hydrogens is 326 g/mol. The molecule has 122 valence electrons. The minimum Gasteiger partial charge on any atom is -0.385 e. The van der Waals surface area contributed by atoms with Gasteiger partial charge in [0.15, 0.2) is 11.6 Å². The molecule has 0 spiro atoms. The van der Waals surface area contributed by atoms with Crippen molar-refractivity contribution in [1.29, 1.82) is 0 Å². The third-order valence-electron chi connectivity index (χ3n) is 4.86. The van der Waals surface area contributed by atoms with Crippen molar-refractivity contribution in [2.75, 3.05) is 0 Å². The first-order chi connectivity index (χ1) is 11.6. The van der Waals surface area contributed by atoms with Crippen LogP contribution < -0.4 is 0 Å². The number of hydrogen-bond acceptors (Lipinski definition) is 4. The first kappa shape index (κ1) is 14.2. The van der Waals surface area contributed by atoms with Crippen LogP contribution in [0.5, 0.6) is 0 Å². The first-order valence-corrected chi connectivity index (χ1v) is 8.45. The number of halogens is 1. The van der Waals surface area contributed by atoms with Crippen molar-refractivity contribution in [1.82, 2.24) is 24.3 Å². The summed E-state index contributed by atoms with van der Waals surface area (Å²) < 4.78 is 3.91. The van der Waals surface area contributed by atoms with Crippen LogP contribution in [0.25, 0.3) is 17.1 Å². The van der Waals surface area contributed by atoms with Crippen molar-refractivity contribution >= 4 is 11.6 Å². The van der Waals surface area contributed by atoms with Crippen LogP contribution in [0.1, 0.15) is 36.2 Å². The maximum Gasteiger partial charge on any atom is 0.180 e. The van der Waals surface area contributed by atoms with E-state index in [4.69, 9.17) is 11.6 Å². The molecule has 3 aromatic rings. The van der Waals surface area contributed by atoms with E-state index in [-0.39, 0.29) is 0 Å². The zero-order valence-electron chi connectivity index (χ0n) is 13.1. The highest BCUT2D eigenvalue weighted by molar-refractivity contribution is 6.31. The van der Waals surface area contributed by atoms with Crippen LogP contribution in [0.3, 0.4) is 0 Å². The van der Waals surface area contributed by atoms with E-state index in [0.717, 1.165) is 41.3 Å². The maximum atomic E-state index is 10.4. The van der Waals surface area contributed by atoms with Crippen molar-refractivity contribution in [3.8, 4) is 17.1 Å². The lowest BCUT2D eigenvalue weighted by atomic mass is 10.1. The quantitative estimate of drug-likeness (QED) is 0.608. The fourth-order valence-electron chi connectivity index (χ4n) is 3.32. The van der Waals surface area contributed by atoms with E-state index in [0.29, 0.717) is 23.3 Å². The fourth-order valence-corrected chi connectivity index (χ4v) is 3.49. The zero-order valence-corrected chi connectivity index (χ0v) is 13.9. The number of aliphatic hydroxyl groups excluding tert-OH is 1. The summed E-state index contributed by atoms with van der Waals surface area (Å²) in [7, 11) is 0. The lowest BCUT2D eigenvalue weighted by Gasteiger charge is -2.09. The van der Waals surface area contributed by atoms with E-state index in [9.17, 15) is 5.11 Å². The van der Waals surface area contributed by atoms with Crippen LogP contribution in [-0.4, -0.2) is 29.4 Å². The van der Waals surface area contributed by atoms with E-state index in [1.54, 1.807) is 0 Å². The summed E-state index contributed by atoms with van der Waals surface area (Å²) in [4.78, 5) is 9.09. The van der Waals surface area contributed by atoms with Gasteiger partial charge in [-0.15, -0.1) is 0 Å². The highest BCUT2D eigenvalue weighted by atomic mass is 35.5. The topological polar surface area (TPSA) is 68.8 Å². The Morgan fingerprint density at radius 2 is 2.17 bits per heavy atom. The van der Waals surface area contributed by atoms with Crippen LogP contribution in [0.2, 0.25) is 5.02 Å². The number of hydrogen-bond donors (Lipinski definition) is 1. The second kappa shape index (κ2) is 4.91. The molecule has 1 aliphatic heterocycles. The minimum atomic E-state index is -0.585. The summed E-state index contributed by atoms with van der Waals surface area (Å²) in [6, 6.07) is 5.74. The van der Waals surface area contributed by atoms with Crippen molar-refractivity contribution < 1.29 is 5.11 Å². The summed E-state index contributed by atoms with van der Waals surface area (Å²) in [6.07, 6.45) is 3.32. The van der Waals surface area contributed by atoms with Gasteiger partial charge in [-0.3, -0.25) is 0 Å². The van der Waals surface area contributed by atoms with Gasteiger partial charge >= 0.3 is 0 Å². The van der Waals surface area contributed by atoms with Gasteiger partial charge < -0.3 is 9.67 Å². The Bertz CT molecular complexity index is 956. The van der Waals surface area contributed by atoms with E-state index in [2.05, 4.69) is 19.6 Å². The number of fused-ring (bicyclic) bond motifs is 5. The Hall–Kier alpha value is -2.18. The molecule has 1 unspecified atom stereocenters. The first-order valence-electron chi connectivity index (χ1n) is 8.08. The maximum absolute atomic E-state index is 10.4. The van der Waals surface area contributed by atoms with E-state index < -0.39 is 6.10 Å². The van der Waals surface area contributed by atoms with E-state index in [1.807, 2.05) is 36.1 Å². The van der Waals surface area contributed by atoms with Gasteiger partial charge in [-0.2, -0.15) is 5.10 Å². The summed E-state index contributed by atoms with van der Waals surface area (Å²) in [5.74, 6) is 1.54. The van der Waals surface area contributed by atoms with Gasteiger partial charge in [0.25, 0.3) is 0 Å². The number of nitrogens with zero attached hydrogens (tertiary/aromatic N) is 5. The van der Waals surface area contributed by atoms with Gasteiger partial charge in [0.1, 0.15) is 6.10 Å². The van der Waals surface area contributed by atoms with E-state index >= 15 is 0 Å². The summed E-state index contributed by atoms with van der Waals surface area (Å²) in [5.41, 5.74) is 3.91. The molecule has 0 radical (unpaired) electrons. The van der Waals surface area contributed by atoms with Crippen LogP contribution in [0, 0.1) is 12.8 Å². The molecule has 0 amide bonds. The van der Waals surface area contributed by atoms with Crippen molar-refractivity contribution in [2.24, 2.45) is 5.92 Å². The third kappa shape index (κ3) is 2.03. The molecular formula is C17H16ClN5O. The van der Waals surface area contributed by atoms with Crippen LogP contribution in [-0.2, 0) is 6.54 Å². The molecule has 3 heterocycles. The van der Waals surface area contributed by atoms with Crippen LogP contribution in [0.15, 0.2) is 24.5 Å². The average molecular weight is 342 g/mol. The number of aryl methyl sites for hydroxylation is 1. The van der Waals surface area contributed by atoms with Gasteiger partial charge in [0, 0.05) is 10.6 Å². The molecule has 5 rings (SSSR count). The fraction of sp³-hybridized carbons (Fsp3) is 0.353. The molecule has 2 aromatic heterocycles. The van der Waals surface area contributed by atoms with Crippen molar-refractivity contribution in [3.63, 3.8) is 0 Å². The monoisotopic (exact) mass is 341 g/mol. The number of aliphatic hydroxyl groups is 1. The Kier molecular flexibility index (Phi) is 2.90. The van der Waals surface area contributed by atoms with E-state index in [1.165, 1.54) is 0 Å². The molecule has 24 heavy (non-hydrogen) atoms. The lowest BCUT2D eigenvalue weighted by Crippen LogP contribution is -2.08. The standard InChI is InChI=1S/C17H16ClN5O/c1-9-14-7-23-17(20-16(21-23)15(24)10-2-3-10)12-6-11(18)4-5-13(12)22(14)8-19-9/h4-6,8,10,15,24H,2-3,7H2,1H3. The Labute approximate surface area is 143 Å². The van der Waals surface area contributed by atoms with Gasteiger partial charge in [-0.1, -0.05) is 11.6 Å². The third-order valence-corrected chi connectivity index (χ3v) is 5.09. The SMILES string of the molecule is Cc1ncn2c1Cn1nc(C(O)C3CC3)nc1-c1cc(Cl)ccc1-2. The van der Waals surface area contributed by atoms with Gasteiger partial charge in [0.05, 0.1) is 29.9 Å². The van der Waals surface area contributed by atoms with Crippen molar-refractivity contribution in [2.45, 2.75) is 32.4 Å². The minimum absolute atomic E-state index is 0.294. The molecule has 0 bridgehead atoms. The Morgan fingerprint density at radius 1 is 1.33 bits per heavy atom. The van der Waals surface area contributed by atoms with Crippen molar-refractivity contribution in [3.05, 3.63) is 46.8 Å². The zero-order chi connectivity index (χ0) is 16.4. The molecule has 1 atom stereocenters. The summed E-state index contributed by atoms with van der Waals surface area (Å²) in [6.45, 7) is 2.56. The smallest absolute Gasteiger partial charge is 0.180 e. The summed E-state index contributed by atoms with van der Waals surface area (Å²) >= 11 is 6.23. The molecule has 1 saturated carbocycles. The molecule has 7 heteroatoms. The van der Waals surface area contributed by atoms with Crippen LogP contribution >= 0.6 is 11.6 Å². The normalized spacial score (nSPS) is 17.0. The van der Waals surface area contributed by atoms with Gasteiger partial charge in [-0.05, 0) is 43.9 Å². The Balaban J connectivity index is 1.75. The van der Waals surface area contributed by atoms with Crippen LogP contribution in [0.4, 0.5) is 0 Å². The molecule has 1 aromatic carbocycles. The molecule has 2 aliphatic rings. The molecule has 1 N–H and O–H groups in total. The molecule has 1 fully saturated rings. The number of imidazole rings is 1. The van der Waals surface area contributed by atoms with Gasteiger partial charge in [-0.25, -0.2) is 14.6 Å².